The average molecular weight is 1040 g/mol. The summed E-state index contributed by atoms with van der Waals surface area (Å²) in [6, 6.07) is 66.6. The third kappa shape index (κ3) is 9.65. The van der Waals surface area contributed by atoms with E-state index in [4.69, 9.17) is 0 Å². The van der Waals surface area contributed by atoms with Crippen LogP contribution < -0.4 is 0 Å². The molecule has 14 aromatic rings. The normalized spacial score (nSPS) is 12.2. The Balaban J connectivity index is 0.000000151. The van der Waals surface area contributed by atoms with Crippen molar-refractivity contribution < 1.29 is 0 Å². The molecule has 0 N–H and O–H groups in total. The molecule has 0 radical (unpaired) electrons. The van der Waals surface area contributed by atoms with Crippen molar-refractivity contribution in [3.8, 4) is 0 Å². The highest BCUT2D eigenvalue weighted by Gasteiger charge is 2.19. The maximum absolute atomic E-state index is 2.48. The van der Waals surface area contributed by atoms with Crippen LogP contribution in [0, 0.1) is 0 Å². The second kappa shape index (κ2) is 23.1. The molecular weight excluding hydrogens is 961 g/mol. The standard InChI is InChI=1S/2C40H40/c2*1-3-5-7-9-13-27-19-21-31-29(23-27)25-37-35-17-12-16-34-32-22-20-28(14-10-8-6-4-2)24-30(32)26-38(40(34)35)36-18-11-15-33(31)39(36)37/h2*11-12,15-26H,3-10,13-14H2,1-2H3. The molecule has 0 nitrogen and oxygen atoms in total. The zero-order valence-corrected chi connectivity index (χ0v) is 48.3. The highest BCUT2D eigenvalue weighted by atomic mass is 14.2. The summed E-state index contributed by atoms with van der Waals surface area (Å²) in [7, 11) is 0. The fraction of sp³-hybridized carbons (Fsp3) is 0.300. The minimum atomic E-state index is 1.17. The predicted molar refractivity (Wildman–Crippen MR) is 357 cm³/mol. The van der Waals surface area contributed by atoms with Crippen LogP contribution in [0.3, 0.4) is 0 Å². The summed E-state index contributed by atoms with van der Waals surface area (Å²) in [6.07, 6.45) is 25.6. The number of aryl methyl sites for hydroxylation is 4. The van der Waals surface area contributed by atoms with Crippen molar-refractivity contribution in [2.75, 3.05) is 0 Å². The first-order chi connectivity index (χ1) is 39.5. The summed E-state index contributed by atoms with van der Waals surface area (Å²) in [5.41, 5.74) is 5.88. The quantitative estimate of drug-likeness (QED) is 0.0405. The predicted octanol–water partition coefficient (Wildman–Crippen LogP) is 24.6. The molecule has 0 aliphatic rings. The van der Waals surface area contributed by atoms with Gasteiger partial charge >= 0.3 is 0 Å². The first-order valence-corrected chi connectivity index (χ1v) is 31.5. The minimum Gasteiger partial charge on any atom is -0.0654 e. The van der Waals surface area contributed by atoms with Gasteiger partial charge in [-0.1, -0.05) is 250 Å². The van der Waals surface area contributed by atoms with Crippen LogP contribution in [0.25, 0.3) is 129 Å². The van der Waals surface area contributed by atoms with Gasteiger partial charge in [0.1, 0.15) is 0 Å². The van der Waals surface area contributed by atoms with Crippen LogP contribution >= 0.6 is 0 Å². The van der Waals surface area contributed by atoms with E-state index in [2.05, 4.69) is 198 Å². The summed E-state index contributed by atoms with van der Waals surface area (Å²) in [5.74, 6) is 0. The largest absolute Gasteiger partial charge is 0.0654 e. The molecule has 14 aromatic carbocycles. The van der Waals surface area contributed by atoms with E-state index in [0.29, 0.717) is 0 Å². The molecule has 0 atom stereocenters. The lowest BCUT2D eigenvalue weighted by Crippen LogP contribution is -1.91. The van der Waals surface area contributed by atoms with Crippen molar-refractivity contribution in [1.29, 1.82) is 0 Å². The summed E-state index contributed by atoms with van der Waals surface area (Å²) in [5, 5.41) is 33.3. The first-order valence-electron chi connectivity index (χ1n) is 31.5. The van der Waals surface area contributed by atoms with E-state index < -0.39 is 0 Å². The molecule has 0 aliphatic carbocycles. The molecule has 0 spiro atoms. The van der Waals surface area contributed by atoms with E-state index in [-0.39, 0.29) is 0 Å². The van der Waals surface area contributed by atoms with Gasteiger partial charge in [0, 0.05) is 0 Å². The van der Waals surface area contributed by atoms with Gasteiger partial charge in [-0.25, -0.2) is 0 Å². The fourth-order valence-electron chi connectivity index (χ4n) is 14.5. The number of hydrogen-bond acceptors (Lipinski definition) is 0. The highest BCUT2D eigenvalue weighted by molar-refractivity contribution is 6.40. The van der Waals surface area contributed by atoms with Crippen LogP contribution in [0.2, 0.25) is 0 Å². The van der Waals surface area contributed by atoms with Gasteiger partial charge in [-0.05, 0) is 227 Å². The Bertz CT molecular complexity index is 3950. The number of fused-ring (bicyclic) bond motifs is 12. The number of rotatable bonds is 20. The molecule has 0 heterocycles. The van der Waals surface area contributed by atoms with E-state index >= 15 is 0 Å². The molecule has 0 unspecified atom stereocenters. The van der Waals surface area contributed by atoms with Crippen molar-refractivity contribution in [3.05, 3.63) is 192 Å². The zero-order chi connectivity index (χ0) is 54.1. The zero-order valence-electron chi connectivity index (χ0n) is 48.3. The van der Waals surface area contributed by atoms with Crippen LogP contribution in [-0.4, -0.2) is 0 Å². The van der Waals surface area contributed by atoms with Gasteiger partial charge in [0.15, 0.2) is 0 Å². The Labute approximate surface area is 474 Å². The Kier molecular flexibility index (Phi) is 15.0. The molecule has 0 aliphatic heterocycles. The van der Waals surface area contributed by atoms with Gasteiger partial charge in [-0.15, -0.1) is 0 Å². The molecular formula is C80H80. The van der Waals surface area contributed by atoms with E-state index in [0.717, 1.165) is 0 Å². The van der Waals surface area contributed by atoms with Gasteiger partial charge in [0.05, 0.1) is 0 Å². The summed E-state index contributed by atoms with van der Waals surface area (Å²) < 4.78 is 0. The third-order valence-corrected chi connectivity index (χ3v) is 18.6. The second-order valence-corrected chi connectivity index (χ2v) is 24.1. The molecule has 0 saturated heterocycles. The van der Waals surface area contributed by atoms with Crippen molar-refractivity contribution in [2.45, 2.75) is 156 Å². The Morgan fingerprint density at radius 3 is 0.613 bits per heavy atom. The first kappa shape index (κ1) is 52.1. The summed E-state index contributed by atoms with van der Waals surface area (Å²) >= 11 is 0. The van der Waals surface area contributed by atoms with Gasteiger partial charge in [0.25, 0.3) is 0 Å². The van der Waals surface area contributed by atoms with Crippen molar-refractivity contribution in [3.63, 3.8) is 0 Å². The molecule has 400 valence electrons. The van der Waals surface area contributed by atoms with E-state index in [9.17, 15) is 0 Å². The van der Waals surface area contributed by atoms with Crippen LogP contribution in [-0.2, 0) is 25.7 Å². The fourth-order valence-corrected chi connectivity index (χ4v) is 14.5. The molecule has 0 bridgehead atoms. The summed E-state index contributed by atoms with van der Waals surface area (Å²) in [4.78, 5) is 0. The van der Waals surface area contributed by atoms with Crippen molar-refractivity contribution in [1.82, 2.24) is 0 Å². The van der Waals surface area contributed by atoms with Crippen molar-refractivity contribution >= 4 is 129 Å². The molecule has 14 rings (SSSR count). The monoisotopic (exact) mass is 1040 g/mol. The molecule has 0 heteroatoms. The Hall–Kier alpha value is -7.28. The number of hydrogen-bond donors (Lipinski definition) is 0. The second-order valence-electron chi connectivity index (χ2n) is 24.1. The van der Waals surface area contributed by atoms with Gasteiger partial charge < -0.3 is 0 Å². The molecule has 0 saturated carbocycles. The smallest absolute Gasteiger partial charge is 0.00199 e. The topological polar surface area (TPSA) is 0 Å². The van der Waals surface area contributed by atoms with Crippen LogP contribution in [0.1, 0.15) is 153 Å². The molecule has 80 heavy (non-hydrogen) atoms. The summed E-state index contributed by atoms with van der Waals surface area (Å²) in [6.45, 7) is 9.15. The maximum Gasteiger partial charge on any atom is -0.00199 e. The lowest BCUT2D eigenvalue weighted by Gasteiger charge is -2.18. The number of benzene rings is 14. The van der Waals surface area contributed by atoms with E-state index in [1.165, 1.54) is 280 Å². The van der Waals surface area contributed by atoms with Crippen LogP contribution in [0.4, 0.5) is 0 Å². The average Bonchev–Trinajstić information content (AvgIpc) is 3.58. The highest BCUT2D eigenvalue weighted by Crippen LogP contribution is 2.47. The Morgan fingerprint density at radius 2 is 0.400 bits per heavy atom. The lowest BCUT2D eigenvalue weighted by atomic mass is 9.85. The number of unbranched alkanes of at least 4 members (excludes halogenated alkanes) is 12. The van der Waals surface area contributed by atoms with Gasteiger partial charge in [-0.2, -0.15) is 0 Å². The Morgan fingerprint density at radius 1 is 0.188 bits per heavy atom. The van der Waals surface area contributed by atoms with Gasteiger partial charge in [-0.3, -0.25) is 0 Å². The molecule has 0 aromatic heterocycles. The third-order valence-electron chi connectivity index (χ3n) is 18.6. The van der Waals surface area contributed by atoms with E-state index in [1.807, 2.05) is 0 Å². The minimum absolute atomic E-state index is 1.17. The molecule has 0 fully saturated rings. The van der Waals surface area contributed by atoms with Crippen LogP contribution in [0.15, 0.2) is 170 Å². The molecule has 0 amide bonds. The van der Waals surface area contributed by atoms with Gasteiger partial charge in [0.2, 0.25) is 0 Å². The van der Waals surface area contributed by atoms with Crippen molar-refractivity contribution in [2.24, 2.45) is 0 Å². The van der Waals surface area contributed by atoms with Crippen LogP contribution in [0.5, 0.6) is 0 Å². The maximum atomic E-state index is 2.48. The van der Waals surface area contributed by atoms with E-state index in [1.54, 1.807) is 0 Å². The lowest BCUT2D eigenvalue weighted by molar-refractivity contribution is 0.667. The SMILES string of the molecule is CCCCCCc1ccc2c(c1)cc1c3cccc4c5ccc(CCCCCC)cc5cc(c5cccc2c51)c43.CCCCCCc1ccc2c(c1)cc1c3cccc4c5ccc(CCCCCC)cc5cc(c5cccc2c51)c43.